The maximum atomic E-state index is 11.7. The van der Waals surface area contributed by atoms with Gasteiger partial charge in [-0.2, -0.15) is 0 Å². The molecule has 0 atom stereocenters. The molecule has 2 rings (SSSR count). The van der Waals surface area contributed by atoms with Crippen LogP contribution in [-0.4, -0.2) is 99.2 Å². The Kier molecular flexibility index (Phi) is 12.6. The number of aromatic nitrogens is 2. The fourth-order valence-electron chi connectivity index (χ4n) is 3.05. The number of piperazine rings is 1. The molecule has 32 heavy (non-hydrogen) atoms. The van der Waals surface area contributed by atoms with Crippen LogP contribution in [0.25, 0.3) is 0 Å². The van der Waals surface area contributed by atoms with Gasteiger partial charge in [0.15, 0.2) is 0 Å². The van der Waals surface area contributed by atoms with Gasteiger partial charge in [-0.05, 0) is 13.3 Å². The number of hydrogen-bond acceptors (Lipinski definition) is 10. The van der Waals surface area contributed by atoms with Crippen LogP contribution in [0.4, 0.5) is 5.95 Å². The molecule has 0 unspecified atom stereocenters. The van der Waals surface area contributed by atoms with Crippen LogP contribution in [0.3, 0.4) is 0 Å². The van der Waals surface area contributed by atoms with Gasteiger partial charge < -0.3 is 23.8 Å². The first-order valence-corrected chi connectivity index (χ1v) is 11.4. The Morgan fingerprint density at radius 2 is 1.59 bits per heavy atom. The average molecular weight is 453 g/mol. The van der Waals surface area contributed by atoms with Crippen molar-refractivity contribution in [3.05, 3.63) is 18.0 Å². The van der Waals surface area contributed by atoms with E-state index in [0.717, 1.165) is 45.6 Å². The van der Waals surface area contributed by atoms with Crippen molar-refractivity contribution >= 4 is 17.9 Å². The highest BCUT2D eigenvalue weighted by molar-refractivity contribution is 5.88. The largest absolute Gasteiger partial charge is 0.466 e. The summed E-state index contributed by atoms with van der Waals surface area (Å²) in [4.78, 5) is 36.2. The summed E-state index contributed by atoms with van der Waals surface area (Å²) in [6.45, 7) is 10.9. The van der Waals surface area contributed by atoms with Crippen molar-refractivity contribution < 1.29 is 28.5 Å². The second-order valence-electron chi connectivity index (χ2n) is 7.37. The third-order valence-electron chi connectivity index (χ3n) is 4.94. The standard InChI is InChI=1S/C22H36N4O6/c1-3-5-12-32-20(27)6-13-29-15-16-30-14-11-25-7-9-26(10-8-25)22-23-17-19(18-24-22)21(28)31-4-2/h17-18H,3-16H2,1-2H3. The Morgan fingerprint density at radius 1 is 0.906 bits per heavy atom. The molecule has 0 aromatic carbocycles. The van der Waals surface area contributed by atoms with E-state index in [0.29, 0.717) is 51.2 Å². The van der Waals surface area contributed by atoms with Gasteiger partial charge in [-0.15, -0.1) is 0 Å². The lowest BCUT2D eigenvalue weighted by Crippen LogP contribution is -2.48. The Hall–Kier alpha value is -2.30. The van der Waals surface area contributed by atoms with Gasteiger partial charge in [0.1, 0.15) is 0 Å². The molecule has 1 aromatic heterocycles. The predicted octanol–water partition coefficient (Wildman–Crippen LogP) is 1.54. The predicted molar refractivity (Wildman–Crippen MR) is 119 cm³/mol. The quantitative estimate of drug-likeness (QED) is 0.287. The van der Waals surface area contributed by atoms with E-state index in [1.165, 1.54) is 12.4 Å². The molecule has 1 fully saturated rings. The minimum Gasteiger partial charge on any atom is -0.466 e. The molecule has 2 heterocycles. The van der Waals surface area contributed by atoms with Gasteiger partial charge >= 0.3 is 11.9 Å². The zero-order valence-corrected chi connectivity index (χ0v) is 19.3. The van der Waals surface area contributed by atoms with Crippen LogP contribution in [0.5, 0.6) is 0 Å². The number of hydrogen-bond donors (Lipinski definition) is 0. The summed E-state index contributed by atoms with van der Waals surface area (Å²) in [5.74, 6) is 0.0124. The van der Waals surface area contributed by atoms with Crippen molar-refractivity contribution in [3.8, 4) is 0 Å². The van der Waals surface area contributed by atoms with E-state index in [2.05, 4.69) is 26.7 Å². The molecule has 180 valence electrons. The van der Waals surface area contributed by atoms with E-state index in [4.69, 9.17) is 18.9 Å². The zero-order chi connectivity index (χ0) is 23.0. The molecule has 1 aliphatic rings. The molecule has 0 aliphatic carbocycles. The highest BCUT2D eigenvalue weighted by Gasteiger charge is 2.19. The number of anilines is 1. The highest BCUT2D eigenvalue weighted by Crippen LogP contribution is 2.11. The summed E-state index contributed by atoms with van der Waals surface area (Å²) in [6.07, 6.45) is 5.21. The van der Waals surface area contributed by atoms with Gasteiger partial charge in [0.05, 0.1) is 51.6 Å². The van der Waals surface area contributed by atoms with E-state index in [1.54, 1.807) is 6.92 Å². The molecule has 1 saturated heterocycles. The van der Waals surface area contributed by atoms with Crippen LogP contribution >= 0.6 is 0 Å². The van der Waals surface area contributed by atoms with Crippen LogP contribution < -0.4 is 4.90 Å². The van der Waals surface area contributed by atoms with Gasteiger partial charge in [0.2, 0.25) is 5.95 Å². The van der Waals surface area contributed by atoms with Gasteiger partial charge in [-0.25, -0.2) is 14.8 Å². The third-order valence-corrected chi connectivity index (χ3v) is 4.94. The van der Waals surface area contributed by atoms with Crippen molar-refractivity contribution in [2.45, 2.75) is 33.1 Å². The summed E-state index contributed by atoms with van der Waals surface area (Å²) in [5, 5.41) is 0. The van der Waals surface area contributed by atoms with Crippen molar-refractivity contribution in [2.24, 2.45) is 0 Å². The first kappa shape index (κ1) is 26.0. The van der Waals surface area contributed by atoms with Gasteiger partial charge in [-0.3, -0.25) is 9.69 Å². The Labute approximate surface area is 190 Å². The number of esters is 2. The summed E-state index contributed by atoms with van der Waals surface area (Å²) < 4.78 is 21.1. The Bertz CT molecular complexity index is 665. The third kappa shape index (κ3) is 9.88. The lowest BCUT2D eigenvalue weighted by atomic mass is 10.3. The van der Waals surface area contributed by atoms with E-state index in [9.17, 15) is 9.59 Å². The number of carbonyl (C=O) groups is 2. The lowest BCUT2D eigenvalue weighted by Gasteiger charge is -2.34. The molecule has 0 radical (unpaired) electrons. The molecular formula is C22H36N4O6. The zero-order valence-electron chi connectivity index (χ0n) is 19.3. The SMILES string of the molecule is CCCCOC(=O)CCOCCOCCN1CCN(c2ncc(C(=O)OCC)cn2)CC1. The number of rotatable bonds is 15. The molecule has 1 aliphatic heterocycles. The van der Waals surface area contributed by atoms with Crippen LogP contribution in [0.1, 0.15) is 43.5 Å². The van der Waals surface area contributed by atoms with Gasteiger partial charge in [0.25, 0.3) is 0 Å². The van der Waals surface area contributed by atoms with Crippen LogP contribution in [0.15, 0.2) is 12.4 Å². The molecule has 0 bridgehead atoms. The van der Waals surface area contributed by atoms with Crippen molar-refractivity contribution in [2.75, 3.05) is 77.3 Å². The first-order valence-electron chi connectivity index (χ1n) is 11.4. The van der Waals surface area contributed by atoms with E-state index < -0.39 is 5.97 Å². The summed E-state index contributed by atoms with van der Waals surface area (Å²) in [6, 6.07) is 0. The van der Waals surface area contributed by atoms with E-state index in [-0.39, 0.29) is 12.4 Å². The van der Waals surface area contributed by atoms with Crippen molar-refractivity contribution in [1.29, 1.82) is 0 Å². The number of ether oxygens (including phenoxy) is 4. The smallest absolute Gasteiger partial charge is 0.341 e. The van der Waals surface area contributed by atoms with Crippen molar-refractivity contribution in [3.63, 3.8) is 0 Å². The Morgan fingerprint density at radius 3 is 2.25 bits per heavy atom. The molecule has 10 nitrogen and oxygen atoms in total. The molecule has 10 heteroatoms. The minimum atomic E-state index is -0.404. The molecule has 0 amide bonds. The molecule has 0 N–H and O–H groups in total. The normalized spacial score (nSPS) is 14.4. The average Bonchev–Trinajstić information content (AvgIpc) is 2.81. The fourth-order valence-corrected chi connectivity index (χ4v) is 3.05. The van der Waals surface area contributed by atoms with Gasteiger partial charge in [-0.1, -0.05) is 13.3 Å². The highest BCUT2D eigenvalue weighted by atomic mass is 16.5. The van der Waals surface area contributed by atoms with Gasteiger partial charge in [0, 0.05) is 45.1 Å². The maximum absolute atomic E-state index is 11.7. The minimum absolute atomic E-state index is 0.209. The number of nitrogens with zero attached hydrogens (tertiary/aromatic N) is 4. The van der Waals surface area contributed by atoms with Crippen LogP contribution in [0.2, 0.25) is 0 Å². The van der Waals surface area contributed by atoms with Crippen LogP contribution in [-0.2, 0) is 23.7 Å². The van der Waals surface area contributed by atoms with E-state index >= 15 is 0 Å². The summed E-state index contributed by atoms with van der Waals surface area (Å²) in [5.41, 5.74) is 0.363. The molecule has 1 aromatic rings. The second kappa shape index (κ2) is 15.5. The molecular weight excluding hydrogens is 416 g/mol. The molecule has 0 saturated carbocycles. The number of unbranched alkanes of at least 4 members (excludes halogenated alkanes) is 1. The summed E-state index contributed by atoms with van der Waals surface area (Å²) >= 11 is 0. The first-order chi connectivity index (χ1) is 15.6. The molecule has 0 spiro atoms. The number of carbonyl (C=O) groups excluding carboxylic acids is 2. The topological polar surface area (TPSA) is 103 Å². The fraction of sp³-hybridized carbons (Fsp3) is 0.727. The van der Waals surface area contributed by atoms with E-state index in [1.807, 2.05) is 0 Å². The van der Waals surface area contributed by atoms with Crippen molar-refractivity contribution in [1.82, 2.24) is 14.9 Å². The van der Waals surface area contributed by atoms with Crippen LogP contribution in [0, 0.1) is 0 Å². The lowest BCUT2D eigenvalue weighted by molar-refractivity contribution is -0.145. The Balaban J connectivity index is 1.49. The summed E-state index contributed by atoms with van der Waals surface area (Å²) in [7, 11) is 0. The monoisotopic (exact) mass is 452 g/mol. The second-order valence-corrected chi connectivity index (χ2v) is 7.37. The maximum Gasteiger partial charge on any atom is 0.341 e.